The molecule has 6 nitrogen and oxygen atoms in total. The highest BCUT2D eigenvalue weighted by molar-refractivity contribution is 7.92. The van der Waals surface area contributed by atoms with Crippen LogP contribution in [0.2, 0.25) is 0 Å². The van der Waals surface area contributed by atoms with Gasteiger partial charge in [0, 0.05) is 12.7 Å². The fourth-order valence-corrected chi connectivity index (χ4v) is 4.57. The molecule has 0 aromatic heterocycles. The van der Waals surface area contributed by atoms with Crippen LogP contribution < -0.4 is 4.72 Å². The number of anilines is 1. The number of nitrogens with one attached hydrogen (secondary N) is 1. The van der Waals surface area contributed by atoms with E-state index in [1.54, 1.807) is 30.3 Å². The molecule has 0 bridgehead atoms. The molecule has 0 spiro atoms. The van der Waals surface area contributed by atoms with Gasteiger partial charge in [0.25, 0.3) is 10.0 Å². The van der Waals surface area contributed by atoms with Gasteiger partial charge in [-0.15, -0.1) is 0 Å². The Morgan fingerprint density at radius 2 is 2.00 bits per heavy atom. The third-order valence-electron chi connectivity index (χ3n) is 4.27. The summed E-state index contributed by atoms with van der Waals surface area (Å²) in [7, 11) is -2.37. The Balaban J connectivity index is 2.05. The summed E-state index contributed by atoms with van der Waals surface area (Å²) in [5.41, 5.74) is 2.63. The zero-order chi connectivity index (χ0) is 18.0. The minimum Gasteiger partial charge on any atom is -0.478 e. The number of carbonyl (C=O) groups is 1. The van der Waals surface area contributed by atoms with Crippen LogP contribution in [0.15, 0.2) is 41.3 Å². The Labute approximate surface area is 146 Å². The topological polar surface area (TPSA) is 92.7 Å². The average molecular weight is 361 g/mol. The number of hydrogen-bond acceptors (Lipinski definition) is 4. The number of sulfonamides is 1. The molecule has 3 rings (SSSR count). The predicted molar refractivity (Wildman–Crippen MR) is 93.4 cm³/mol. The lowest BCUT2D eigenvalue weighted by atomic mass is 10.1. The predicted octanol–water partition coefficient (Wildman–Crippen LogP) is 2.82. The summed E-state index contributed by atoms with van der Waals surface area (Å²) in [6.45, 7) is 0.270. The molecule has 1 aliphatic rings. The van der Waals surface area contributed by atoms with E-state index in [1.165, 1.54) is 13.2 Å². The van der Waals surface area contributed by atoms with Crippen molar-refractivity contribution in [3.05, 3.63) is 58.7 Å². The Kier molecular flexibility index (Phi) is 4.78. The Morgan fingerprint density at radius 1 is 1.24 bits per heavy atom. The van der Waals surface area contributed by atoms with Crippen LogP contribution in [-0.2, 0) is 34.2 Å². The van der Waals surface area contributed by atoms with Gasteiger partial charge in [0.2, 0.25) is 0 Å². The van der Waals surface area contributed by atoms with E-state index in [9.17, 15) is 18.3 Å². The Bertz CT molecular complexity index is 921. The van der Waals surface area contributed by atoms with E-state index in [0.29, 0.717) is 29.7 Å². The maximum atomic E-state index is 12.9. The van der Waals surface area contributed by atoms with E-state index in [1.807, 2.05) is 0 Å². The first-order valence-electron chi connectivity index (χ1n) is 7.91. The lowest BCUT2D eigenvalue weighted by Crippen LogP contribution is -2.17. The molecule has 7 heteroatoms. The van der Waals surface area contributed by atoms with Gasteiger partial charge in [0.15, 0.2) is 0 Å². The number of carboxylic acids is 1. The minimum atomic E-state index is -3.90. The van der Waals surface area contributed by atoms with Gasteiger partial charge in [-0.05, 0) is 48.6 Å². The normalized spacial score (nSPS) is 13.5. The van der Waals surface area contributed by atoms with E-state index in [-0.39, 0.29) is 17.1 Å². The monoisotopic (exact) mass is 361 g/mol. The molecule has 0 saturated carbocycles. The third kappa shape index (κ3) is 3.52. The van der Waals surface area contributed by atoms with E-state index in [0.717, 1.165) is 12.0 Å². The fraction of sp³-hybridized carbons (Fsp3) is 0.278. The highest BCUT2D eigenvalue weighted by Crippen LogP contribution is 2.31. The summed E-state index contributed by atoms with van der Waals surface area (Å²) in [5, 5.41) is 9.28. The van der Waals surface area contributed by atoms with Crippen molar-refractivity contribution in [2.75, 3.05) is 11.8 Å². The molecule has 0 atom stereocenters. The van der Waals surface area contributed by atoms with Gasteiger partial charge in [-0.2, -0.15) is 0 Å². The average Bonchev–Trinajstić information content (AvgIpc) is 3.04. The van der Waals surface area contributed by atoms with Gasteiger partial charge in [-0.25, -0.2) is 13.2 Å². The molecule has 2 N–H and O–H groups in total. The van der Waals surface area contributed by atoms with Gasteiger partial charge in [-0.3, -0.25) is 4.72 Å². The second kappa shape index (κ2) is 6.85. The molecule has 0 unspecified atom stereocenters. The molecule has 1 aliphatic carbocycles. The van der Waals surface area contributed by atoms with Crippen LogP contribution in [0.4, 0.5) is 5.69 Å². The lowest BCUT2D eigenvalue weighted by Gasteiger charge is -2.15. The lowest BCUT2D eigenvalue weighted by molar-refractivity contribution is 0.0696. The van der Waals surface area contributed by atoms with Crippen LogP contribution in [0.25, 0.3) is 0 Å². The maximum Gasteiger partial charge on any atom is 0.335 e. The number of aryl methyl sites for hydroxylation is 1. The molecule has 0 radical (unpaired) electrons. The summed E-state index contributed by atoms with van der Waals surface area (Å²) in [4.78, 5) is 11.4. The number of benzene rings is 2. The van der Waals surface area contributed by atoms with Crippen molar-refractivity contribution in [3.8, 4) is 0 Å². The van der Waals surface area contributed by atoms with Gasteiger partial charge in [0.1, 0.15) is 0 Å². The molecule has 0 fully saturated rings. The highest BCUT2D eigenvalue weighted by atomic mass is 32.2. The van der Waals surface area contributed by atoms with Crippen molar-refractivity contribution >= 4 is 21.7 Å². The SMILES string of the molecule is COCc1ccccc1NS(=O)(=O)c1cc(C(=O)O)cc2c1CCC2. The van der Waals surface area contributed by atoms with Crippen molar-refractivity contribution in [2.24, 2.45) is 0 Å². The molecule has 0 saturated heterocycles. The fourth-order valence-electron chi connectivity index (χ4n) is 3.13. The molecule has 2 aromatic carbocycles. The first-order valence-corrected chi connectivity index (χ1v) is 9.39. The van der Waals surface area contributed by atoms with Crippen molar-refractivity contribution in [3.63, 3.8) is 0 Å². The summed E-state index contributed by atoms with van der Waals surface area (Å²) < 4.78 is 33.6. The van der Waals surface area contributed by atoms with Crippen LogP contribution in [-0.4, -0.2) is 26.6 Å². The summed E-state index contributed by atoms with van der Waals surface area (Å²) in [5.74, 6) is -1.13. The van der Waals surface area contributed by atoms with Crippen molar-refractivity contribution in [1.29, 1.82) is 0 Å². The van der Waals surface area contributed by atoms with E-state index in [2.05, 4.69) is 4.72 Å². The largest absolute Gasteiger partial charge is 0.478 e. The standard InChI is InChI=1S/C18H19NO5S/c1-24-11-13-5-2-3-8-16(13)19-25(22,23)17-10-14(18(20)21)9-12-6-4-7-15(12)17/h2-3,5,8-10,19H,4,6-7,11H2,1H3,(H,20,21). The zero-order valence-corrected chi connectivity index (χ0v) is 14.6. The van der Waals surface area contributed by atoms with Gasteiger partial charge in [-0.1, -0.05) is 18.2 Å². The van der Waals surface area contributed by atoms with Crippen LogP contribution >= 0.6 is 0 Å². The second-order valence-electron chi connectivity index (χ2n) is 5.97. The number of rotatable bonds is 6. The molecule has 0 aliphatic heterocycles. The highest BCUT2D eigenvalue weighted by Gasteiger charge is 2.26. The summed E-state index contributed by atoms with van der Waals surface area (Å²) in [6, 6.07) is 9.78. The van der Waals surface area contributed by atoms with Crippen molar-refractivity contribution < 1.29 is 23.1 Å². The molecule has 132 valence electrons. The number of hydrogen-bond donors (Lipinski definition) is 2. The smallest absolute Gasteiger partial charge is 0.335 e. The van der Waals surface area contributed by atoms with Gasteiger partial charge >= 0.3 is 5.97 Å². The van der Waals surface area contributed by atoms with Crippen LogP contribution in [0.5, 0.6) is 0 Å². The number of ether oxygens (including phenoxy) is 1. The first kappa shape index (κ1) is 17.4. The number of methoxy groups -OCH3 is 1. The van der Waals surface area contributed by atoms with Crippen LogP contribution in [0.1, 0.15) is 33.5 Å². The van der Waals surface area contributed by atoms with Crippen molar-refractivity contribution in [1.82, 2.24) is 0 Å². The number of aromatic carboxylic acids is 1. The number of fused-ring (bicyclic) bond motifs is 1. The van der Waals surface area contributed by atoms with E-state index in [4.69, 9.17) is 4.74 Å². The molecular formula is C18H19NO5S. The van der Waals surface area contributed by atoms with E-state index >= 15 is 0 Å². The molecular weight excluding hydrogens is 342 g/mol. The van der Waals surface area contributed by atoms with Crippen LogP contribution in [0, 0.1) is 0 Å². The van der Waals surface area contributed by atoms with Crippen LogP contribution in [0.3, 0.4) is 0 Å². The first-order chi connectivity index (χ1) is 11.9. The number of para-hydroxylation sites is 1. The summed E-state index contributed by atoms with van der Waals surface area (Å²) >= 11 is 0. The molecule has 25 heavy (non-hydrogen) atoms. The quantitative estimate of drug-likeness (QED) is 0.825. The second-order valence-corrected chi connectivity index (χ2v) is 7.62. The molecule has 2 aromatic rings. The Hall–Kier alpha value is -2.38. The van der Waals surface area contributed by atoms with E-state index < -0.39 is 16.0 Å². The zero-order valence-electron chi connectivity index (χ0n) is 13.8. The molecule has 0 heterocycles. The maximum absolute atomic E-state index is 12.9. The minimum absolute atomic E-state index is 0.00815. The Morgan fingerprint density at radius 3 is 2.72 bits per heavy atom. The number of carboxylic acid groups (broad SMARTS) is 1. The van der Waals surface area contributed by atoms with Gasteiger partial charge < -0.3 is 9.84 Å². The molecule has 0 amide bonds. The summed E-state index contributed by atoms with van der Waals surface area (Å²) in [6.07, 6.45) is 2.14. The van der Waals surface area contributed by atoms with Crippen molar-refractivity contribution in [2.45, 2.75) is 30.8 Å². The third-order valence-corrected chi connectivity index (χ3v) is 5.70. The van der Waals surface area contributed by atoms with Gasteiger partial charge in [0.05, 0.1) is 22.8 Å².